The number of fused-ring (bicyclic) bond motifs is 2. The number of nitrogens with one attached hydrogen (secondary N) is 2. The molecule has 0 radical (unpaired) electrons. The van der Waals surface area contributed by atoms with E-state index < -0.39 is 17.9 Å². The van der Waals surface area contributed by atoms with Crippen molar-refractivity contribution in [3.05, 3.63) is 59.8 Å². The van der Waals surface area contributed by atoms with Gasteiger partial charge in [-0.2, -0.15) is 0 Å². The molecular weight excluding hydrogens is 456 g/mol. The third-order valence-corrected chi connectivity index (χ3v) is 6.76. The van der Waals surface area contributed by atoms with E-state index in [1.165, 1.54) is 6.92 Å². The van der Waals surface area contributed by atoms with Gasteiger partial charge in [0.1, 0.15) is 6.04 Å². The first-order valence-electron chi connectivity index (χ1n) is 11.0. The minimum Gasteiger partial charge on any atom is -0.480 e. The highest BCUT2D eigenvalue weighted by Crippen LogP contribution is 2.33. The van der Waals surface area contributed by atoms with Crippen molar-refractivity contribution in [3.8, 4) is 11.5 Å². The molecule has 3 aromatic rings. The van der Waals surface area contributed by atoms with E-state index >= 15 is 0 Å². The van der Waals surface area contributed by atoms with Crippen LogP contribution in [0.25, 0.3) is 10.9 Å². The summed E-state index contributed by atoms with van der Waals surface area (Å²) in [7, 11) is 0. The lowest BCUT2D eigenvalue weighted by Gasteiger charge is -2.18. The maximum atomic E-state index is 13.1. The van der Waals surface area contributed by atoms with Gasteiger partial charge in [0, 0.05) is 42.1 Å². The normalized spacial score (nSPS) is 14.1. The highest BCUT2D eigenvalue weighted by molar-refractivity contribution is 8.13. The average Bonchev–Trinajstić information content (AvgIpc) is 3.45. The number of aromatic nitrogens is 1. The van der Waals surface area contributed by atoms with Crippen LogP contribution in [0.4, 0.5) is 0 Å². The summed E-state index contributed by atoms with van der Waals surface area (Å²) in [4.78, 5) is 39.7. The Morgan fingerprint density at radius 3 is 2.71 bits per heavy atom. The lowest BCUT2D eigenvalue weighted by molar-refractivity contribution is -0.139. The molecule has 0 aliphatic carbocycles. The molecule has 0 saturated carbocycles. The fraction of sp³-hybridized carbons (Fsp3) is 0.320. The van der Waals surface area contributed by atoms with Crippen molar-refractivity contribution in [1.29, 1.82) is 0 Å². The zero-order valence-electron chi connectivity index (χ0n) is 18.7. The molecule has 1 aliphatic heterocycles. The molecule has 1 unspecified atom stereocenters. The molecule has 2 aromatic carbocycles. The van der Waals surface area contributed by atoms with E-state index in [-0.39, 0.29) is 30.7 Å². The molecule has 34 heavy (non-hydrogen) atoms. The van der Waals surface area contributed by atoms with Crippen molar-refractivity contribution in [2.75, 3.05) is 19.1 Å². The Morgan fingerprint density at radius 1 is 1.12 bits per heavy atom. The van der Waals surface area contributed by atoms with E-state index in [4.69, 9.17) is 9.47 Å². The number of ketones is 1. The number of hydrogen-bond acceptors (Lipinski definition) is 7. The van der Waals surface area contributed by atoms with Gasteiger partial charge in [-0.25, -0.2) is 0 Å². The quantitative estimate of drug-likeness (QED) is 0.381. The second-order valence-electron chi connectivity index (χ2n) is 8.19. The number of Topliss-reactive ketones (excluding diaryl/α,β-unsaturated/α-hetero) is 1. The Morgan fingerprint density at radius 2 is 1.91 bits per heavy atom. The molecule has 0 fully saturated rings. The molecule has 1 aromatic heterocycles. The summed E-state index contributed by atoms with van der Waals surface area (Å²) in [5, 5.41) is 13.5. The van der Waals surface area contributed by atoms with Gasteiger partial charge in [-0.3, -0.25) is 19.7 Å². The van der Waals surface area contributed by atoms with Crippen LogP contribution in [-0.4, -0.2) is 52.1 Å². The number of H-pyrrole nitrogens is 1. The topological polar surface area (TPSA) is 118 Å². The molecule has 1 aliphatic rings. The van der Waals surface area contributed by atoms with E-state index in [2.05, 4.69) is 10.3 Å². The number of aromatic amines is 1. The molecule has 0 bridgehead atoms. The third kappa shape index (κ3) is 5.78. The molecule has 8 nitrogen and oxygen atoms in total. The van der Waals surface area contributed by atoms with Crippen molar-refractivity contribution in [1.82, 2.24) is 10.3 Å². The van der Waals surface area contributed by atoms with Gasteiger partial charge in [-0.05, 0) is 35.7 Å². The first-order valence-corrected chi connectivity index (χ1v) is 11.9. The average molecular weight is 483 g/mol. The Bertz CT molecular complexity index is 1210. The molecule has 0 saturated heterocycles. The van der Waals surface area contributed by atoms with Gasteiger partial charge in [0.25, 0.3) is 0 Å². The van der Waals surface area contributed by atoms with Crippen molar-refractivity contribution in [2.45, 2.75) is 25.8 Å². The number of thioether (sulfide) groups is 1. The molecule has 2 atom stereocenters. The van der Waals surface area contributed by atoms with E-state index in [9.17, 15) is 19.5 Å². The molecule has 0 amide bonds. The first-order chi connectivity index (χ1) is 16.4. The number of carboxylic acid groups (broad SMARTS) is 1. The number of para-hydroxylation sites is 1. The fourth-order valence-corrected chi connectivity index (χ4v) is 4.71. The zero-order chi connectivity index (χ0) is 24.1. The molecule has 4 rings (SSSR count). The summed E-state index contributed by atoms with van der Waals surface area (Å²) in [6.45, 7) is 1.53. The van der Waals surface area contributed by atoms with Crippen LogP contribution in [0.1, 0.15) is 18.1 Å². The van der Waals surface area contributed by atoms with Crippen LogP contribution in [-0.2, 0) is 27.2 Å². The zero-order valence-corrected chi connectivity index (χ0v) is 19.5. The van der Waals surface area contributed by atoms with Crippen LogP contribution in [0.2, 0.25) is 0 Å². The first kappa shape index (κ1) is 23.8. The number of benzene rings is 2. The van der Waals surface area contributed by atoms with Crippen molar-refractivity contribution >= 4 is 39.5 Å². The van der Waals surface area contributed by atoms with Crippen molar-refractivity contribution in [2.24, 2.45) is 5.92 Å². The molecule has 0 spiro atoms. The van der Waals surface area contributed by atoms with Gasteiger partial charge < -0.3 is 19.6 Å². The van der Waals surface area contributed by atoms with Crippen LogP contribution in [0.5, 0.6) is 11.5 Å². The van der Waals surface area contributed by atoms with Crippen molar-refractivity contribution < 1.29 is 29.0 Å². The monoisotopic (exact) mass is 482 g/mol. The van der Waals surface area contributed by atoms with E-state index in [0.29, 0.717) is 23.7 Å². The Hall–Kier alpha value is -3.30. The van der Waals surface area contributed by atoms with Crippen LogP contribution in [0, 0.1) is 5.92 Å². The lowest BCUT2D eigenvalue weighted by atomic mass is 9.96. The van der Waals surface area contributed by atoms with Gasteiger partial charge in [-0.15, -0.1) is 0 Å². The predicted octanol–water partition coefficient (Wildman–Crippen LogP) is 3.19. The summed E-state index contributed by atoms with van der Waals surface area (Å²) >= 11 is 1.09. The lowest BCUT2D eigenvalue weighted by Crippen LogP contribution is -2.43. The number of hydrogen-bond donors (Lipinski definition) is 3. The van der Waals surface area contributed by atoms with Crippen molar-refractivity contribution in [3.63, 3.8) is 0 Å². The Balaban J connectivity index is 1.42. The summed E-state index contributed by atoms with van der Waals surface area (Å²) in [6, 6.07) is 12.3. The second-order valence-corrected chi connectivity index (χ2v) is 9.39. The molecular formula is C25H26N2O6S. The van der Waals surface area contributed by atoms with Crippen LogP contribution in [0.3, 0.4) is 0 Å². The Labute approximate surface area is 201 Å². The maximum Gasteiger partial charge on any atom is 0.321 e. The summed E-state index contributed by atoms with van der Waals surface area (Å²) < 4.78 is 10.8. The van der Waals surface area contributed by atoms with Gasteiger partial charge in [-0.1, -0.05) is 36.0 Å². The number of carbonyl (C=O) groups is 3. The summed E-state index contributed by atoms with van der Waals surface area (Å²) in [5.41, 5.74) is 2.69. The highest BCUT2D eigenvalue weighted by Gasteiger charge is 2.25. The van der Waals surface area contributed by atoms with E-state index in [1.54, 1.807) is 12.3 Å². The SMILES string of the molecule is CC(=O)SC[C@@H](Cc1ccc2c(c1)OCO2)C(=O)CNC(Cc1c[nH]c2ccccc12)C(=O)O. The Kier molecular flexibility index (Phi) is 7.54. The van der Waals surface area contributed by atoms with Crippen LogP contribution in [0.15, 0.2) is 48.7 Å². The second kappa shape index (κ2) is 10.8. The summed E-state index contributed by atoms with van der Waals surface area (Å²) in [6.07, 6.45) is 2.45. The number of carbonyl (C=O) groups excluding carboxylic acids is 2. The minimum atomic E-state index is -1.02. The predicted molar refractivity (Wildman–Crippen MR) is 129 cm³/mol. The van der Waals surface area contributed by atoms with E-state index in [0.717, 1.165) is 33.8 Å². The molecule has 2 heterocycles. The molecule has 3 N–H and O–H groups in total. The standard InChI is InChI=1S/C25H26N2O6S/c1-15(28)34-13-18(8-16-6-7-23-24(9-16)33-14-32-23)22(29)12-27-21(25(30)31)10-17-11-26-20-5-3-2-4-19(17)20/h2-7,9,11,18,21,26-27H,8,10,12-14H2,1H3,(H,30,31)/t18-,21?/m1/s1. The number of ether oxygens (including phenoxy) is 2. The summed E-state index contributed by atoms with van der Waals surface area (Å²) in [5.74, 6) is -0.00657. The van der Waals surface area contributed by atoms with Gasteiger partial charge in [0.15, 0.2) is 22.4 Å². The minimum absolute atomic E-state index is 0.0702. The fourth-order valence-electron chi connectivity index (χ4n) is 3.97. The van der Waals surface area contributed by atoms with Crippen LogP contribution < -0.4 is 14.8 Å². The smallest absolute Gasteiger partial charge is 0.321 e. The van der Waals surface area contributed by atoms with E-state index in [1.807, 2.05) is 36.4 Å². The van der Waals surface area contributed by atoms with Crippen LogP contribution >= 0.6 is 11.8 Å². The van der Waals surface area contributed by atoms with Gasteiger partial charge in [0.2, 0.25) is 6.79 Å². The largest absolute Gasteiger partial charge is 0.480 e. The molecule has 9 heteroatoms. The number of carboxylic acids is 1. The highest BCUT2D eigenvalue weighted by atomic mass is 32.2. The van der Waals surface area contributed by atoms with Gasteiger partial charge >= 0.3 is 5.97 Å². The van der Waals surface area contributed by atoms with Gasteiger partial charge in [0.05, 0.1) is 6.54 Å². The maximum absolute atomic E-state index is 13.1. The third-order valence-electron chi connectivity index (χ3n) is 5.78. The number of aliphatic carboxylic acids is 1. The molecule has 178 valence electrons. The number of rotatable bonds is 11.